The molecule has 1 aromatic rings. The van der Waals surface area contributed by atoms with Gasteiger partial charge >= 0.3 is 12.1 Å². The number of nitrogens with one attached hydrogen (secondary N) is 1. The lowest BCUT2D eigenvalue weighted by molar-refractivity contribution is -0.151. The number of unbranched alkanes of at least 4 members (excludes halogenated alkanes) is 1. The van der Waals surface area contributed by atoms with Crippen molar-refractivity contribution in [1.29, 1.82) is 0 Å². The lowest BCUT2D eigenvalue weighted by Crippen LogP contribution is -2.34. The number of carbonyl (C=O) groups excluding carboxylic acids is 2. The summed E-state index contributed by atoms with van der Waals surface area (Å²) in [6.45, 7) is 23.1. The van der Waals surface area contributed by atoms with Gasteiger partial charge in [0, 0.05) is 32.4 Å². The van der Waals surface area contributed by atoms with Gasteiger partial charge in [-0.3, -0.25) is 14.5 Å². The van der Waals surface area contributed by atoms with Crippen LogP contribution in [0.4, 0.5) is 10.5 Å². The minimum absolute atomic E-state index is 0.0548. The van der Waals surface area contributed by atoms with Crippen molar-refractivity contribution in [3.8, 4) is 0 Å². The molecule has 1 aromatic heterocycles. The van der Waals surface area contributed by atoms with Gasteiger partial charge in [0.25, 0.3) is 0 Å². The van der Waals surface area contributed by atoms with E-state index in [1.54, 1.807) is 0 Å². The van der Waals surface area contributed by atoms with Crippen LogP contribution in [0.5, 0.6) is 0 Å². The van der Waals surface area contributed by atoms with Gasteiger partial charge in [0.05, 0.1) is 17.5 Å². The van der Waals surface area contributed by atoms with Crippen molar-refractivity contribution >= 4 is 34.6 Å². The summed E-state index contributed by atoms with van der Waals surface area (Å²) >= 11 is 1.41. The molecule has 0 unspecified atom stereocenters. The predicted octanol–water partition coefficient (Wildman–Crippen LogP) is 5.90. The number of rotatable bonds is 11. The summed E-state index contributed by atoms with van der Waals surface area (Å²) in [5, 5.41) is 8.58. The van der Waals surface area contributed by atoms with Crippen LogP contribution in [0, 0.1) is 11.8 Å². The fourth-order valence-corrected chi connectivity index (χ4v) is 5.08. The van der Waals surface area contributed by atoms with Crippen LogP contribution in [0.3, 0.4) is 0 Å². The third-order valence-electron chi connectivity index (χ3n) is 5.53. The van der Waals surface area contributed by atoms with Crippen molar-refractivity contribution in [2.75, 3.05) is 30.3 Å². The lowest BCUT2D eigenvalue weighted by Gasteiger charge is -2.27. The zero-order chi connectivity index (χ0) is 29.4. The Morgan fingerprint density at radius 2 is 1.67 bits per heavy atom. The Bertz CT molecular complexity index is 975. The summed E-state index contributed by atoms with van der Waals surface area (Å²) in [4.78, 5) is 32.1. The zero-order valence-corrected chi connectivity index (χ0v) is 26.6. The van der Waals surface area contributed by atoms with E-state index in [1.165, 1.54) is 11.8 Å². The minimum atomic E-state index is -0.531. The van der Waals surface area contributed by atoms with Gasteiger partial charge in [-0.15, -0.1) is 0 Å². The van der Waals surface area contributed by atoms with Crippen molar-refractivity contribution in [2.24, 2.45) is 16.8 Å². The Labute approximate surface area is 239 Å². The number of ether oxygens (including phenoxy) is 2. The number of aromatic nitrogens is 2. The predicted molar refractivity (Wildman–Crippen MR) is 161 cm³/mol. The number of nitrogens with zero attached hydrogens (tertiary/aromatic N) is 4. The second kappa shape index (κ2) is 14.4. The van der Waals surface area contributed by atoms with Gasteiger partial charge in [-0.2, -0.15) is 5.10 Å². The summed E-state index contributed by atoms with van der Waals surface area (Å²) in [6, 6.07) is 0.0548. The van der Waals surface area contributed by atoms with Gasteiger partial charge in [0.2, 0.25) is 0 Å². The standard InChI is InChI=1S/C29H51N5O4S/c1-20(2)15-33-17-22(13-11-12-14-30-27(36)38-29(8,9)10)31-26(39-19-24(35)37-28(5,6)7)25-23(33)18-34(32-25)16-21(3)4/h18,20-22H,11-17,19H2,1-10H3,(H,30,36)/t22-/m0/s1. The van der Waals surface area contributed by atoms with Crippen LogP contribution in [-0.4, -0.2) is 69.5 Å². The molecular formula is C29H51N5O4S. The fraction of sp³-hybridized carbons (Fsp3) is 0.793. The molecule has 222 valence electrons. The summed E-state index contributed by atoms with van der Waals surface area (Å²) in [7, 11) is 0. The van der Waals surface area contributed by atoms with Crippen molar-refractivity contribution in [3.05, 3.63) is 11.9 Å². The highest BCUT2D eigenvalue weighted by Crippen LogP contribution is 2.31. The molecule has 0 fully saturated rings. The van der Waals surface area contributed by atoms with Crippen LogP contribution in [-0.2, 0) is 20.8 Å². The van der Waals surface area contributed by atoms with Crippen LogP contribution in [0.25, 0.3) is 0 Å². The molecule has 0 saturated carbocycles. The van der Waals surface area contributed by atoms with Crippen molar-refractivity contribution in [3.63, 3.8) is 0 Å². The number of fused-ring (bicyclic) bond motifs is 1. The number of alkyl carbamates (subject to hydrolysis) is 1. The summed E-state index contributed by atoms with van der Waals surface area (Å²) in [5.74, 6) is 0.861. The first-order valence-corrected chi connectivity index (χ1v) is 15.2. The molecule has 10 heteroatoms. The van der Waals surface area contributed by atoms with Gasteiger partial charge in [-0.05, 0) is 72.6 Å². The Morgan fingerprint density at radius 3 is 2.26 bits per heavy atom. The quantitative estimate of drug-likeness (QED) is 0.263. The molecule has 0 saturated heterocycles. The minimum Gasteiger partial charge on any atom is -0.459 e. The second-order valence-electron chi connectivity index (χ2n) is 13.2. The zero-order valence-electron chi connectivity index (χ0n) is 25.8. The molecular weight excluding hydrogens is 514 g/mol. The maximum Gasteiger partial charge on any atom is 0.407 e. The molecule has 0 aliphatic carbocycles. The summed E-state index contributed by atoms with van der Waals surface area (Å²) in [5.41, 5.74) is 0.886. The molecule has 9 nitrogen and oxygen atoms in total. The van der Waals surface area contributed by atoms with Crippen LogP contribution >= 0.6 is 11.8 Å². The van der Waals surface area contributed by atoms with E-state index in [1.807, 2.05) is 46.2 Å². The fourth-order valence-electron chi connectivity index (χ4n) is 4.27. The maximum absolute atomic E-state index is 12.5. The van der Waals surface area contributed by atoms with E-state index in [0.717, 1.165) is 55.3 Å². The molecule has 0 aromatic carbocycles. The van der Waals surface area contributed by atoms with E-state index in [2.05, 4.69) is 44.1 Å². The third kappa shape index (κ3) is 12.7. The molecule has 1 aliphatic rings. The summed E-state index contributed by atoms with van der Waals surface area (Å²) in [6.07, 6.45) is 4.37. The van der Waals surface area contributed by atoms with E-state index in [9.17, 15) is 9.59 Å². The number of hydrogen-bond donors (Lipinski definition) is 1. The highest BCUT2D eigenvalue weighted by molar-refractivity contribution is 8.14. The van der Waals surface area contributed by atoms with Crippen molar-refractivity contribution < 1.29 is 19.1 Å². The Morgan fingerprint density at radius 1 is 1.03 bits per heavy atom. The number of hydrogen-bond acceptors (Lipinski definition) is 8. The summed E-state index contributed by atoms with van der Waals surface area (Å²) < 4.78 is 12.9. The first kappa shape index (κ1) is 33.0. The molecule has 1 N–H and O–H groups in total. The molecule has 1 aliphatic heterocycles. The number of esters is 1. The normalized spacial score (nSPS) is 16.2. The average molecular weight is 566 g/mol. The molecule has 2 heterocycles. The first-order valence-electron chi connectivity index (χ1n) is 14.2. The Balaban J connectivity index is 2.19. The van der Waals surface area contributed by atoms with Crippen LogP contribution in [0.2, 0.25) is 0 Å². The highest BCUT2D eigenvalue weighted by atomic mass is 32.2. The highest BCUT2D eigenvalue weighted by Gasteiger charge is 2.29. The van der Waals surface area contributed by atoms with E-state index in [-0.39, 0.29) is 23.9 Å². The monoisotopic (exact) mass is 565 g/mol. The maximum atomic E-state index is 12.5. The SMILES string of the molecule is CC(C)CN1C[C@H](CCCCNC(=O)OC(C)(C)C)N=C(SCC(=O)OC(C)(C)C)c2nn(CC(C)C)cc21. The van der Waals surface area contributed by atoms with E-state index < -0.39 is 11.2 Å². The number of carbonyl (C=O) groups is 2. The van der Waals surface area contributed by atoms with E-state index in [4.69, 9.17) is 19.6 Å². The second-order valence-corrected chi connectivity index (χ2v) is 14.1. The van der Waals surface area contributed by atoms with E-state index in [0.29, 0.717) is 18.4 Å². The number of aliphatic imine (C=N–C) groups is 1. The first-order chi connectivity index (χ1) is 18.0. The van der Waals surface area contributed by atoms with Crippen LogP contribution in [0.1, 0.15) is 94.2 Å². The van der Waals surface area contributed by atoms with Crippen molar-refractivity contribution in [2.45, 2.75) is 112 Å². The third-order valence-corrected chi connectivity index (χ3v) is 6.49. The Hall–Kier alpha value is -2.23. The van der Waals surface area contributed by atoms with Gasteiger partial charge in [0.15, 0.2) is 0 Å². The largest absolute Gasteiger partial charge is 0.459 e. The van der Waals surface area contributed by atoms with Crippen molar-refractivity contribution in [1.82, 2.24) is 15.1 Å². The molecule has 39 heavy (non-hydrogen) atoms. The smallest absolute Gasteiger partial charge is 0.407 e. The van der Waals surface area contributed by atoms with Crippen LogP contribution < -0.4 is 10.2 Å². The van der Waals surface area contributed by atoms with E-state index >= 15 is 0 Å². The molecule has 0 spiro atoms. The number of anilines is 1. The lowest BCUT2D eigenvalue weighted by atomic mass is 10.1. The molecule has 1 atom stereocenters. The number of thioether (sulfide) groups is 1. The van der Waals surface area contributed by atoms with Crippen LogP contribution in [0.15, 0.2) is 11.2 Å². The van der Waals surface area contributed by atoms with Gasteiger partial charge in [-0.25, -0.2) is 4.79 Å². The van der Waals surface area contributed by atoms with Gasteiger partial charge in [0.1, 0.15) is 21.9 Å². The Kier molecular flexibility index (Phi) is 12.2. The molecule has 1 amide bonds. The molecule has 0 radical (unpaired) electrons. The molecule has 2 rings (SSSR count). The van der Waals surface area contributed by atoms with Gasteiger partial charge in [-0.1, -0.05) is 39.5 Å². The number of amides is 1. The average Bonchev–Trinajstić information content (AvgIpc) is 3.10. The molecule has 0 bridgehead atoms. The van der Waals surface area contributed by atoms with Gasteiger partial charge < -0.3 is 19.7 Å². The topological polar surface area (TPSA) is 98.1 Å².